The molecule has 1 aromatic rings. The van der Waals surface area contributed by atoms with Gasteiger partial charge in [-0.2, -0.15) is 16.7 Å². The zero-order chi connectivity index (χ0) is 15.0. The summed E-state index contributed by atoms with van der Waals surface area (Å²) in [6.07, 6.45) is 4.19. The zero-order valence-electron chi connectivity index (χ0n) is 13.3. The normalized spacial score (nSPS) is 14.7. The fourth-order valence-electron chi connectivity index (χ4n) is 2.12. The second-order valence-corrected chi connectivity index (χ2v) is 7.18. The molecule has 1 rings (SSSR count). The first-order valence-electron chi connectivity index (χ1n) is 7.69. The van der Waals surface area contributed by atoms with Crippen LogP contribution in [0.3, 0.4) is 0 Å². The van der Waals surface area contributed by atoms with E-state index in [1.807, 2.05) is 11.8 Å². The molecule has 0 radical (unpaired) electrons. The number of hydrogen-bond donors (Lipinski definition) is 1. The van der Waals surface area contributed by atoms with E-state index < -0.39 is 0 Å². The van der Waals surface area contributed by atoms with Crippen LogP contribution in [0.4, 0.5) is 0 Å². The lowest BCUT2D eigenvalue weighted by Gasteiger charge is -2.18. The van der Waals surface area contributed by atoms with E-state index in [2.05, 4.69) is 37.8 Å². The van der Waals surface area contributed by atoms with Crippen molar-refractivity contribution >= 4 is 11.8 Å². The number of nitrogens with zero attached hydrogens (tertiary/aromatic N) is 2. The minimum absolute atomic E-state index is 0.643. The first-order chi connectivity index (χ1) is 9.56. The van der Waals surface area contributed by atoms with E-state index in [-0.39, 0.29) is 0 Å². The van der Waals surface area contributed by atoms with Gasteiger partial charge in [0.25, 0.3) is 0 Å². The van der Waals surface area contributed by atoms with Gasteiger partial charge in [0.1, 0.15) is 0 Å². The quantitative estimate of drug-likeness (QED) is 0.714. The second-order valence-electron chi connectivity index (χ2n) is 5.75. The van der Waals surface area contributed by atoms with Gasteiger partial charge in [0.2, 0.25) is 5.89 Å². The molecule has 0 fully saturated rings. The fourth-order valence-corrected chi connectivity index (χ4v) is 2.91. The minimum atomic E-state index is 0.643. The van der Waals surface area contributed by atoms with E-state index in [0.29, 0.717) is 17.1 Å². The Labute approximate surface area is 127 Å². The Morgan fingerprint density at radius 1 is 1.25 bits per heavy atom. The van der Waals surface area contributed by atoms with Gasteiger partial charge in [-0.25, -0.2) is 0 Å². The molecule has 0 spiro atoms. The van der Waals surface area contributed by atoms with Gasteiger partial charge in [0.05, 0.1) is 5.75 Å². The van der Waals surface area contributed by atoms with Crippen LogP contribution in [0.2, 0.25) is 0 Å². The number of thioether (sulfide) groups is 1. The number of nitrogens with two attached hydrogens (primary N) is 1. The molecule has 4 nitrogen and oxygen atoms in total. The third-order valence-electron chi connectivity index (χ3n) is 3.79. The molecule has 0 aliphatic rings. The van der Waals surface area contributed by atoms with Crippen molar-refractivity contribution < 1.29 is 4.52 Å². The second kappa shape index (κ2) is 9.40. The Balaban J connectivity index is 2.39. The van der Waals surface area contributed by atoms with Gasteiger partial charge in [-0.05, 0) is 37.6 Å². The summed E-state index contributed by atoms with van der Waals surface area (Å²) in [4.78, 5) is 4.48. The fraction of sp³-hybridized carbons (Fsp3) is 0.867. The Kier molecular flexibility index (Phi) is 8.22. The van der Waals surface area contributed by atoms with Crippen LogP contribution in [0.1, 0.15) is 58.7 Å². The van der Waals surface area contributed by atoms with Crippen molar-refractivity contribution in [3.05, 3.63) is 11.7 Å². The van der Waals surface area contributed by atoms with Gasteiger partial charge < -0.3 is 10.3 Å². The summed E-state index contributed by atoms with van der Waals surface area (Å²) in [6.45, 7) is 9.68. The van der Waals surface area contributed by atoms with Crippen LogP contribution in [0, 0.1) is 11.8 Å². The van der Waals surface area contributed by atoms with Crippen LogP contribution in [0.5, 0.6) is 0 Å². The molecule has 1 heterocycles. The highest BCUT2D eigenvalue weighted by Gasteiger charge is 2.15. The first-order valence-corrected chi connectivity index (χ1v) is 8.74. The Hall–Kier alpha value is -0.550. The molecule has 0 saturated carbocycles. The molecule has 0 aromatic carbocycles. The van der Waals surface area contributed by atoms with Crippen molar-refractivity contribution in [3.8, 4) is 0 Å². The highest BCUT2D eigenvalue weighted by Crippen LogP contribution is 2.22. The van der Waals surface area contributed by atoms with Crippen LogP contribution in [0.15, 0.2) is 4.52 Å². The van der Waals surface area contributed by atoms with E-state index in [9.17, 15) is 0 Å². The van der Waals surface area contributed by atoms with Crippen molar-refractivity contribution in [1.29, 1.82) is 0 Å². The van der Waals surface area contributed by atoms with Crippen LogP contribution in [-0.2, 0) is 12.2 Å². The molecule has 2 N–H and O–H groups in total. The lowest BCUT2D eigenvalue weighted by atomic mass is 9.88. The molecule has 0 amide bonds. The molecule has 0 bridgehead atoms. The Bertz CT molecular complexity index is 368. The van der Waals surface area contributed by atoms with Crippen LogP contribution >= 0.6 is 11.8 Å². The standard InChI is InChI=1S/C15H29N3OS/c1-5-12(4)20-10-14-17-15(19-18-14)7-6-13(8-9-16)11(2)3/h11-13H,5-10,16H2,1-4H3. The molecular weight excluding hydrogens is 270 g/mol. The maximum atomic E-state index is 5.67. The predicted octanol–water partition coefficient (Wildman–Crippen LogP) is 3.65. The Morgan fingerprint density at radius 2 is 2.00 bits per heavy atom. The van der Waals surface area contributed by atoms with Gasteiger partial charge in [0.15, 0.2) is 5.82 Å². The number of aromatic nitrogens is 2. The summed E-state index contributed by atoms with van der Waals surface area (Å²) >= 11 is 1.88. The van der Waals surface area contributed by atoms with E-state index >= 15 is 0 Å². The van der Waals surface area contributed by atoms with E-state index in [4.69, 9.17) is 10.3 Å². The molecule has 0 aliphatic heterocycles. The summed E-state index contributed by atoms with van der Waals surface area (Å²) in [6, 6.07) is 0. The summed E-state index contributed by atoms with van der Waals surface area (Å²) in [5, 5.41) is 4.70. The van der Waals surface area contributed by atoms with E-state index in [1.54, 1.807) is 0 Å². The molecule has 0 saturated heterocycles. The molecule has 2 atom stereocenters. The molecular formula is C15H29N3OS. The van der Waals surface area contributed by atoms with Gasteiger partial charge in [0, 0.05) is 11.7 Å². The maximum Gasteiger partial charge on any atom is 0.226 e. The Morgan fingerprint density at radius 3 is 2.60 bits per heavy atom. The topological polar surface area (TPSA) is 64.9 Å². The SMILES string of the molecule is CCC(C)SCc1noc(CCC(CCN)C(C)C)n1. The number of rotatable bonds is 10. The minimum Gasteiger partial charge on any atom is -0.339 e. The molecule has 1 aromatic heterocycles. The van der Waals surface area contributed by atoms with E-state index in [0.717, 1.165) is 43.3 Å². The van der Waals surface area contributed by atoms with Crippen molar-refractivity contribution in [3.63, 3.8) is 0 Å². The maximum absolute atomic E-state index is 5.67. The van der Waals surface area contributed by atoms with Crippen molar-refractivity contribution in [2.75, 3.05) is 6.54 Å². The summed E-state index contributed by atoms with van der Waals surface area (Å²) < 4.78 is 5.33. The predicted molar refractivity (Wildman–Crippen MR) is 85.7 cm³/mol. The molecule has 5 heteroatoms. The average Bonchev–Trinajstić information content (AvgIpc) is 2.88. The van der Waals surface area contributed by atoms with Crippen LogP contribution in [-0.4, -0.2) is 21.9 Å². The summed E-state index contributed by atoms with van der Waals surface area (Å²) in [5.74, 6) is 3.74. The third kappa shape index (κ3) is 6.27. The average molecular weight is 299 g/mol. The lowest BCUT2D eigenvalue weighted by molar-refractivity contribution is 0.313. The summed E-state index contributed by atoms with van der Waals surface area (Å²) in [7, 11) is 0. The highest BCUT2D eigenvalue weighted by molar-refractivity contribution is 7.99. The highest BCUT2D eigenvalue weighted by atomic mass is 32.2. The molecule has 0 aliphatic carbocycles. The number of hydrogen-bond acceptors (Lipinski definition) is 5. The molecule has 116 valence electrons. The third-order valence-corrected chi connectivity index (χ3v) is 5.12. The van der Waals surface area contributed by atoms with Gasteiger partial charge in [-0.3, -0.25) is 0 Å². The van der Waals surface area contributed by atoms with Gasteiger partial charge >= 0.3 is 0 Å². The van der Waals surface area contributed by atoms with Crippen molar-refractivity contribution in [1.82, 2.24) is 10.1 Å². The monoisotopic (exact) mass is 299 g/mol. The van der Waals surface area contributed by atoms with E-state index in [1.165, 1.54) is 6.42 Å². The van der Waals surface area contributed by atoms with Crippen molar-refractivity contribution in [2.24, 2.45) is 17.6 Å². The van der Waals surface area contributed by atoms with Crippen molar-refractivity contribution in [2.45, 2.75) is 64.4 Å². The number of aryl methyl sites for hydroxylation is 1. The first kappa shape index (κ1) is 17.5. The van der Waals surface area contributed by atoms with Crippen LogP contribution in [0.25, 0.3) is 0 Å². The van der Waals surface area contributed by atoms with Crippen LogP contribution < -0.4 is 5.73 Å². The van der Waals surface area contributed by atoms with Gasteiger partial charge in [-0.15, -0.1) is 0 Å². The van der Waals surface area contributed by atoms with Gasteiger partial charge in [-0.1, -0.05) is 32.9 Å². The largest absolute Gasteiger partial charge is 0.339 e. The smallest absolute Gasteiger partial charge is 0.226 e. The molecule has 2 unspecified atom stereocenters. The summed E-state index contributed by atoms with van der Waals surface area (Å²) in [5.41, 5.74) is 5.67. The zero-order valence-corrected chi connectivity index (χ0v) is 14.1. The lowest BCUT2D eigenvalue weighted by Crippen LogP contribution is -2.15. The molecule has 20 heavy (non-hydrogen) atoms.